The highest BCUT2D eigenvalue weighted by molar-refractivity contribution is 5.28. The Morgan fingerprint density at radius 1 is 0.680 bits per heavy atom. The van der Waals surface area contributed by atoms with Gasteiger partial charge < -0.3 is 11.5 Å². The Morgan fingerprint density at radius 3 is 1.64 bits per heavy atom. The van der Waals surface area contributed by atoms with Crippen LogP contribution in [0.3, 0.4) is 0 Å². The van der Waals surface area contributed by atoms with Crippen LogP contribution in [0.5, 0.6) is 0 Å². The highest BCUT2D eigenvalue weighted by Gasteiger charge is 2.04. The molecule has 5 nitrogen and oxygen atoms in total. The van der Waals surface area contributed by atoms with Gasteiger partial charge >= 0.3 is 0 Å². The molecular weight excluding hydrogens is 310 g/mol. The predicted octanol–water partition coefficient (Wildman–Crippen LogP) is 5.48. The van der Waals surface area contributed by atoms with E-state index in [-0.39, 0.29) is 0 Å². The largest absolute Gasteiger partial charge is 0.368 e. The van der Waals surface area contributed by atoms with Crippen LogP contribution in [0.2, 0.25) is 0 Å². The van der Waals surface area contributed by atoms with Gasteiger partial charge in [0, 0.05) is 6.54 Å². The maximum absolute atomic E-state index is 5.71. The molecule has 0 spiro atoms. The standard InChI is InChI=1S/C20H39N5/c1-2-3-4-5-6-7-8-9-10-11-12-13-14-15-16-17-18-25-19(21)23-24-20(25)22/h9-10H,2-8,11-18H2,1H3,(H2,21,23)(H2,22,24). The van der Waals surface area contributed by atoms with Gasteiger partial charge in [-0.3, -0.25) is 4.57 Å². The average Bonchev–Trinajstić information content (AvgIpc) is 2.93. The molecular formula is C20H39N5. The monoisotopic (exact) mass is 349 g/mol. The van der Waals surface area contributed by atoms with Crippen LogP contribution in [0.15, 0.2) is 12.2 Å². The van der Waals surface area contributed by atoms with Crippen LogP contribution in [-0.4, -0.2) is 14.8 Å². The summed E-state index contributed by atoms with van der Waals surface area (Å²) < 4.78 is 1.79. The van der Waals surface area contributed by atoms with E-state index in [1.54, 1.807) is 4.57 Å². The third-order valence-electron chi connectivity index (χ3n) is 4.70. The van der Waals surface area contributed by atoms with Crippen LogP contribution in [-0.2, 0) is 6.54 Å². The van der Waals surface area contributed by atoms with Crippen molar-refractivity contribution in [1.82, 2.24) is 14.8 Å². The Hall–Kier alpha value is -1.52. The SMILES string of the molecule is CCCCCCCCC=CCCCCCCCCn1c(N)nnc1N. The van der Waals surface area contributed by atoms with Gasteiger partial charge in [-0.1, -0.05) is 76.9 Å². The van der Waals surface area contributed by atoms with Crippen molar-refractivity contribution in [3.8, 4) is 0 Å². The number of aromatic nitrogens is 3. The van der Waals surface area contributed by atoms with Gasteiger partial charge in [-0.25, -0.2) is 0 Å². The van der Waals surface area contributed by atoms with Crippen LogP contribution in [0.25, 0.3) is 0 Å². The molecule has 0 unspecified atom stereocenters. The van der Waals surface area contributed by atoms with Crippen LogP contribution in [0.1, 0.15) is 96.8 Å². The number of nitrogen functional groups attached to an aromatic ring is 2. The summed E-state index contributed by atoms with van der Waals surface area (Å²) in [6, 6.07) is 0. The molecule has 0 aliphatic carbocycles. The molecule has 0 bridgehead atoms. The fourth-order valence-corrected chi connectivity index (χ4v) is 3.07. The number of anilines is 2. The topological polar surface area (TPSA) is 82.8 Å². The molecule has 0 aliphatic heterocycles. The molecule has 0 aromatic carbocycles. The molecule has 5 heteroatoms. The van der Waals surface area contributed by atoms with Crippen LogP contribution >= 0.6 is 0 Å². The summed E-state index contributed by atoms with van der Waals surface area (Å²) in [7, 11) is 0. The van der Waals surface area contributed by atoms with E-state index in [1.165, 1.54) is 83.5 Å². The Labute approximate surface area is 154 Å². The molecule has 1 aromatic rings. The van der Waals surface area contributed by atoms with Crippen molar-refractivity contribution in [2.45, 2.75) is 103 Å². The van der Waals surface area contributed by atoms with Crippen LogP contribution < -0.4 is 11.5 Å². The number of nitrogens with two attached hydrogens (primary N) is 2. The molecule has 0 fully saturated rings. The molecule has 0 saturated heterocycles. The summed E-state index contributed by atoms with van der Waals surface area (Å²) in [5.74, 6) is 0.843. The van der Waals surface area contributed by atoms with Crippen molar-refractivity contribution < 1.29 is 0 Å². The molecule has 4 N–H and O–H groups in total. The first-order chi connectivity index (χ1) is 12.3. The van der Waals surface area contributed by atoms with E-state index in [1.807, 2.05) is 0 Å². The van der Waals surface area contributed by atoms with Gasteiger partial charge in [-0.15, -0.1) is 10.2 Å². The minimum absolute atomic E-state index is 0.422. The molecule has 0 saturated carbocycles. The maximum atomic E-state index is 5.71. The quantitative estimate of drug-likeness (QED) is 0.306. The number of nitrogens with zero attached hydrogens (tertiary/aromatic N) is 3. The second kappa shape index (κ2) is 14.8. The van der Waals surface area contributed by atoms with Gasteiger partial charge in [0.05, 0.1) is 0 Å². The molecule has 0 amide bonds. The summed E-state index contributed by atoms with van der Waals surface area (Å²) in [5, 5.41) is 7.53. The van der Waals surface area contributed by atoms with Crippen molar-refractivity contribution >= 4 is 11.9 Å². The van der Waals surface area contributed by atoms with E-state index in [0.717, 1.165) is 13.0 Å². The summed E-state index contributed by atoms with van der Waals surface area (Å²) in [6.45, 7) is 3.10. The fraction of sp³-hybridized carbons (Fsp3) is 0.800. The van der Waals surface area contributed by atoms with Gasteiger partial charge in [0.25, 0.3) is 0 Å². The Kier molecular flexibility index (Phi) is 12.7. The van der Waals surface area contributed by atoms with E-state index in [2.05, 4.69) is 29.3 Å². The average molecular weight is 350 g/mol. The van der Waals surface area contributed by atoms with Crippen LogP contribution in [0.4, 0.5) is 11.9 Å². The second-order valence-corrected chi connectivity index (χ2v) is 7.01. The van der Waals surface area contributed by atoms with Gasteiger partial charge in [-0.2, -0.15) is 0 Å². The summed E-state index contributed by atoms with van der Waals surface area (Å²) in [5.41, 5.74) is 11.4. The van der Waals surface area contributed by atoms with E-state index in [4.69, 9.17) is 11.5 Å². The Bertz CT molecular complexity index is 433. The molecule has 1 rings (SSSR count). The van der Waals surface area contributed by atoms with Crippen LogP contribution in [0, 0.1) is 0 Å². The lowest BCUT2D eigenvalue weighted by Crippen LogP contribution is -2.07. The van der Waals surface area contributed by atoms with Crippen molar-refractivity contribution in [2.75, 3.05) is 11.5 Å². The lowest BCUT2D eigenvalue weighted by molar-refractivity contribution is 0.558. The lowest BCUT2D eigenvalue weighted by Gasteiger charge is -2.05. The Morgan fingerprint density at radius 2 is 1.12 bits per heavy atom. The number of unbranched alkanes of at least 4 members (excludes halogenated alkanes) is 12. The van der Waals surface area contributed by atoms with Gasteiger partial charge in [0.2, 0.25) is 11.9 Å². The second-order valence-electron chi connectivity index (χ2n) is 7.01. The lowest BCUT2D eigenvalue weighted by atomic mass is 10.1. The number of rotatable bonds is 16. The molecule has 1 aromatic heterocycles. The summed E-state index contributed by atoms with van der Waals surface area (Å²) in [6.07, 6.45) is 23.2. The number of hydrogen-bond donors (Lipinski definition) is 2. The number of hydrogen-bond acceptors (Lipinski definition) is 4. The molecule has 144 valence electrons. The smallest absolute Gasteiger partial charge is 0.223 e. The van der Waals surface area contributed by atoms with Crippen molar-refractivity contribution in [2.24, 2.45) is 0 Å². The third-order valence-corrected chi connectivity index (χ3v) is 4.70. The minimum Gasteiger partial charge on any atom is -0.368 e. The summed E-state index contributed by atoms with van der Waals surface area (Å²) >= 11 is 0. The fourth-order valence-electron chi connectivity index (χ4n) is 3.07. The van der Waals surface area contributed by atoms with Crippen molar-refractivity contribution in [1.29, 1.82) is 0 Å². The van der Waals surface area contributed by atoms with Gasteiger partial charge in [0.1, 0.15) is 0 Å². The maximum Gasteiger partial charge on any atom is 0.223 e. The van der Waals surface area contributed by atoms with E-state index < -0.39 is 0 Å². The molecule has 0 aliphatic rings. The van der Waals surface area contributed by atoms with Crippen molar-refractivity contribution in [3.05, 3.63) is 12.2 Å². The molecule has 1 heterocycles. The first-order valence-electron chi connectivity index (χ1n) is 10.3. The normalized spacial score (nSPS) is 11.6. The van der Waals surface area contributed by atoms with Crippen molar-refractivity contribution in [3.63, 3.8) is 0 Å². The van der Waals surface area contributed by atoms with Gasteiger partial charge in [0.15, 0.2) is 0 Å². The highest BCUT2D eigenvalue weighted by Crippen LogP contribution is 2.12. The third kappa shape index (κ3) is 10.8. The summed E-state index contributed by atoms with van der Waals surface area (Å²) in [4.78, 5) is 0. The molecule has 0 radical (unpaired) electrons. The Balaban J connectivity index is 1.82. The predicted molar refractivity (Wildman–Crippen MR) is 108 cm³/mol. The van der Waals surface area contributed by atoms with Gasteiger partial charge in [-0.05, 0) is 32.1 Å². The first-order valence-corrected chi connectivity index (χ1v) is 10.3. The molecule has 25 heavy (non-hydrogen) atoms. The zero-order valence-electron chi connectivity index (χ0n) is 16.3. The first kappa shape index (κ1) is 21.5. The van der Waals surface area contributed by atoms with E-state index in [0.29, 0.717) is 11.9 Å². The minimum atomic E-state index is 0.422. The molecule has 0 atom stereocenters. The van der Waals surface area contributed by atoms with E-state index in [9.17, 15) is 0 Å². The zero-order valence-corrected chi connectivity index (χ0v) is 16.3. The van der Waals surface area contributed by atoms with E-state index >= 15 is 0 Å². The highest BCUT2D eigenvalue weighted by atomic mass is 15.4. The number of allylic oxidation sites excluding steroid dienone is 2. The zero-order chi connectivity index (χ0) is 18.2.